The maximum atomic E-state index is 9.08. The lowest BCUT2D eigenvalue weighted by molar-refractivity contribution is 0.414. The minimum Gasteiger partial charge on any atom is -0.497 e. The zero-order chi connectivity index (χ0) is 13.8. The first-order chi connectivity index (χ1) is 9.15. The molecular formula is C15H17N3O. The molecule has 0 radical (unpaired) electrons. The number of methoxy groups -OCH3 is 1. The Balaban J connectivity index is 2.12. The van der Waals surface area contributed by atoms with E-state index < -0.39 is 0 Å². The molecule has 0 atom stereocenters. The van der Waals surface area contributed by atoms with E-state index in [1.54, 1.807) is 7.11 Å². The number of ether oxygens (including phenoxy) is 1. The van der Waals surface area contributed by atoms with Crippen molar-refractivity contribution < 1.29 is 4.74 Å². The van der Waals surface area contributed by atoms with Crippen LogP contribution in [0.5, 0.6) is 5.75 Å². The van der Waals surface area contributed by atoms with E-state index in [9.17, 15) is 0 Å². The number of rotatable bonds is 4. The molecular weight excluding hydrogens is 238 g/mol. The van der Waals surface area contributed by atoms with Crippen LogP contribution >= 0.6 is 0 Å². The van der Waals surface area contributed by atoms with Crippen molar-refractivity contribution in [2.45, 2.75) is 19.8 Å². The molecule has 4 nitrogen and oxygen atoms in total. The topological polar surface area (TPSA) is 50.8 Å². The SMILES string of the molecule is COc1ccc(CCc2c(C#N)nc(C)n2C)cc1. The lowest BCUT2D eigenvalue weighted by Gasteiger charge is -2.05. The van der Waals surface area contributed by atoms with E-state index in [1.807, 2.05) is 42.8 Å². The van der Waals surface area contributed by atoms with Crippen LogP contribution in [-0.2, 0) is 19.9 Å². The number of aryl methyl sites for hydroxylation is 2. The van der Waals surface area contributed by atoms with E-state index in [4.69, 9.17) is 10.00 Å². The first kappa shape index (κ1) is 13.2. The van der Waals surface area contributed by atoms with Gasteiger partial charge in [-0.1, -0.05) is 12.1 Å². The summed E-state index contributed by atoms with van der Waals surface area (Å²) >= 11 is 0. The van der Waals surface area contributed by atoms with Gasteiger partial charge in [0, 0.05) is 7.05 Å². The van der Waals surface area contributed by atoms with Gasteiger partial charge in [0.25, 0.3) is 0 Å². The van der Waals surface area contributed by atoms with Gasteiger partial charge in [-0.15, -0.1) is 0 Å². The highest BCUT2D eigenvalue weighted by molar-refractivity contribution is 5.31. The van der Waals surface area contributed by atoms with Crippen LogP contribution in [-0.4, -0.2) is 16.7 Å². The molecule has 0 aliphatic heterocycles. The molecule has 2 aromatic rings. The first-order valence-electron chi connectivity index (χ1n) is 6.21. The molecule has 0 N–H and O–H groups in total. The molecule has 2 rings (SSSR count). The fraction of sp³-hybridized carbons (Fsp3) is 0.333. The lowest BCUT2D eigenvalue weighted by atomic mass is 10.1. The summed E-state index contributed by atoms with van der Waals surface area (Å²) in [6.07, 6.45) is 1.70. The molecule has 1 heterocycles. The minimum absolute atomic E-state index is 0.536. The third kappa shape index (κ3) is 2.76. The maximum absolute atomic E-state index is 9.08. The van der Waals surface area contributed by atoms with E-state index in [1.165, 1.54) is 5.56 Å². The average Bonchev–Trinajstić information content (AvgIpc) is 2.72. The molecule has 19 heavy (non-hydrogen) atoms. The van der Waals surface area contributed by atoms with Gasteiger partial charge in [0.2, 0.25) is 0 Å². The monoisotopic (exact) mass is 255 g/mol. The van der Waals surface area contributed by atoms with Gasteiger partial charge in [0.1, 0.15) is 17.6 Å². The summed E-state index contributed by atoms with van der Waals surface area (Å²) < 4.78 is 7.12. The Morgan fingerprint density at radius 3 is 2.53 bits per heavy atom. The van der Waals surface area contributed by atoms with Gasteiger partial charge >= 0.3 is 0 Å². The third-order valence-corrected chi connectivity index (χ3v) is 3.35. The highest BCUT2D eigenvalue weighted by atomic mass is 16.5. The number of aromatic nitrogens is 2. The van der Waals surface area contributed by atoms with Gasteiger partial charge in [-0.25, -0.2) is 4.98 Å². The van der Waals surface area contributed by atoms with E-state index in [-0.39, 0.29) is 0 Å². The van der Waals surface area contributed by atoms with E-state index in [2.05, 4.69) is 11.1 Å². The largest absolute Gasteiger partial charge is 0.497 e. The molecule has 0 aliphatic rings. The molecule has 4 heteroatoms. The summed E-state index contributed by atoms with van der Waals surface area (Å²) in [6, 6.07) is 10.2. The molecule has 1 aromatic carbocycles. The number of imidazole rings is 1. The molecule has 0 saturated heterocycles. The van der Waals surface area contributed by atoms with Gasteiger partial charge in [-0.3, -0.25) is 0 Å². The van der Waals surface area contributed by atoms with E-state index in [0.717, 1.165) is 30.1 Å². The van der Waals surface area contributed by atoms with Crippen molar-refractivity contribution in [1.82, 2.24) is 9.55 Å². The van der Waals surface area contributed by atoms with Crippen LogP contribution in [0.15, 0.2) is 24.3 Å². The maximum Gasteiger partial charge on any atom is 0.161 e. The second kappa shape index (κ2) is 5.57. The standard InChI is InChI=1S/C15H17N3O/c1-11-17-14(10-16)15(18(11)2)9-6-12-4-7-13(19-3)8-5-12/h4-5,7-8H,6,9H2,1-3H3. The molecule has 0 aliphatic carbocycles. The van der Waals surface area contributed by atoms with Crippen molar-refractivity contribution in [3.05, 3.63) is 47.0 Å². The summed E-state index contributed by atoms with van der Waals surface area (Å²) in [6.45, 7) is 1.91. The molecule has 0 spiro atoms. The number of hydrogen-bond donors (Lipinski definition) is 0. The van der Waals surface area contributed by atoms with Crippen LogP contribution < -0.4 is 4.74 Å². The van der Waals surface area contributed by atoms with Crippen LogP contribution in [0.4, 0.5) is 0 Å². The minimum atomic E-state index is 0.536. The van der Waals surface area contributed by atoms with Crippen molar-refractivity contribution in [3.63, 3.8) is 0 Å². The second-order valence-electron chi connectivity index (χ2n) is 4.47. The number of nitrogens with zero attached hydrogens (tertiary/aromatic N) is 3. The zero-order valence-electron chi connectivity index (χ0n) is 11.5. The summed E-state index contributed by atoms with van der Waals surface area (Å²) in [4.78, 5) is 4.25. The fourth-order valence-corrected chi connectivity index (χ4v) is 2.09. The van der Waals surface area contributed by atoms with Crippen LogP contribution in [0.2, 0.25) is 0 Å². The summed E-state index contributed by atoms with van der Waals surface area (Å²) in [5.41, 5.74) is 2.76. The van der Waals surface area contributed by atoms with Gasteiger partial charge in [0.15, 0.2) is 5.69 Å². The summed E-state index contributed by atoms with van der Waals surface area (Å²) in [7, 11) is 3.61. The van der Waals surface area contributed by atoms with E-state index in [0.29, 0.717) is 5.69 Å². The molecule has 0 unspecified atom stereocenters. The Kier molecular flexibility index (Phi) is 3.86. The summed E-state index contributed by atoms with van der Waals surface area (Å²) in [5.74, 6) is 1.74. The van der Waals surface area contributed by atoms with Crippen LogP contribution in [0, 0.1) is 18.3 Å². The average molecular weight is 255 g/mol. The van der Waals surface area contributed by atoms with Crippen molar-refractivity contribution in [2.75, 3.05) is 7.11 Å². The number of benzene rings is 1. The smallest absolute Gasteiger partial charge is 0.161 e. The van der Waals surface area contributed by atoms with Crippen LogP contribution in [0.3, 0.4) is 0 Å². The Morgan fingerprint density at radius 1 is 1.26 bits per heavy atom. The van der Waals surface area contributed by atoms with Crippen molar-refractivity contribution >= 4 is 0 Å². The zero-order valence-corrected chi connectivity index (χ0v) is 11.5. The normalized spacial score (nSPS) is 10.2. The van der Waals surface area contributed by atoms with Crippen molar-refractivity contribution in [2.24, 2.45) is 7.05 Å². The Bertz CT molecular complexity index is 606. The molecule has 0 saturated carbocycles. The first-order valence-corrected chi connectivity index (χ1v) is 6.21. The summed E-state index contributed by atoms with van der Waals surface area (Å²) in [5, 5.41) is 9.08. The van der Waals surface area contributed by atoms with Gasteiger partial charge in [0.05, 0.1) is 12.8 Å². The highest BCUT2D eigenvalue weighted by Crippen LogP contribution is 2.15. The fourth-order valence-electron chi connectivity index (χ4n) is 2.09. The van der Waals surface area contributed by atoms with Gasteiger partial charge in [-0.05, 0) is 37.5 Å². The van der Waals surface area contributed by atoms with Crippen molar-refractivity contribution in [1.29, 1.82) is 5.26 Å². The molecule has 1 aromatic heterocycles. The number of hydrogen-bond acceptors (Lipinski definition) is 3. The Labute approximate surface area is 113 Å². The van der Waals surface area contributed by atoms with Gasteiger partial charge in [-0.2, -0.15) is 5.26 Å². The molecule has 0 amide bonds. The Hall–Kier alpha value is -2.28. The predicted molar refractivity (Wildman–Crippen MR) is 73.1 cm³/mol. The van der Waals surface area contributed by atoms with Crippen LogP contribution in [0.1, 0.15) is 22.8 Å². The Morgan fingerprint density at radius 2 is 1.95 bits per heavy atom. The quantitative estimate of drug-likeness (QED) is 0.843. The molecule has 0 bridgehead atoms. The number of nitriles is 1. The third-order valence-electron chi connectivity index (χ3n) is 3.35. The van der Waals surface area contributed by atoms with Gasteiger partial charge < -0.3 is 9.30 Å². The highest BCUT2D eigenvalue weighted by Gasteiger charge is 2.11. The van der Waals surface area contributed by atoms with E-state index >= 15 is 0 Å². The lowest BCUT2D eigenvalue weighted by Crippen LogP contribution is -2.02. The van der Waals surface area contributed by atoms with Crippen molar-refractivity contribution in [3.8, 4) is 11.8 Å². The molecule has 0 fully saturated rings. The molecule has 98 valence electrons. The predicted octanol–water partition coefficient (Wildman–Crippen LogP) is 2.39. The van der Waals surface area contributed by atoms with Crippen LogP contribution in [0.25, 0.3) is 0 Å². The second-order valence-corrected chi connectivity index (χ2v) is 4.47.